The maximum absolute atomic E-state index is 7.08. The van der Waals surface area contributed by atoms with Crippen molar-refractivity contribution in [3.05, 3.63) is 18.1 Å². The van der Waals surface area contributed by atoms with Crippen LogP contribution in [0.4, 0.5) is 0 Å². The number of nitrogen functional groups attached to an aromatic ring is 1. The van der Waals surface area contributed by atoms with Crippen molar-refractivity contribution in [1.82, 2.24) is 9.97 Å². The summed E-state index contributed by atoms with van der Waals surface area (Å²) >= 11 is 0. The number of rotatable bonds is 3. The molecule has 0 atom stereocenters. The number of ether oxygens (including phenoxy) is 1. The molecule has 0 saturated heterocycles. The van der Waals surface area contributed by atoms with E-state index in [1.54, 1.807) is 0 Å². The first-order chi connectivity index (χ1) is 6.09. The summed E-state index contributed by atoms with van der Waals surface area (Å²) in [4.78, 5) is 7.83. The van der Waals surface area contributed by atoms with Gasteiger partial charge < -0.3 is 10.5 Å². The van der Waals surface area contributed by atoms with Gasteiger partial charge in [0.15, 0.2) is 0 Å². The monoisotopic (exact) mass is 180 g/mol. The molecular weight excluding hydrogens is 168 g/mol. The molecule has 0 aliphatic carbocycles. The van der Waals surface area contributed by atoms with Crippen molar-refractivity contribution in [3.8, 4) is 5.88 Å². The van der Waals surface area contributed by atoms with E-state index in [0.717, 1.165) is 0 Å². The van der Waals surface area contributed by atoms with E-state index in [2.05, 4.69) is 9.97 Å². The molecule has 0 fully saturated rings. The highest BCUT2D eigenvalue weighted by atomic mass is 16.5. The lowest BCUT2D eigenvalue weighted by Crippen LogP contribution is -2.14. The number of hydrogen-bond donors (Lipinski definition) is 2. The lowest BCUT2D eigenvalue weighted by atomic mass is 10.4. The number of aromatic nitrogens is 2. The zero-order valence-electron chi connectivity index (χ0n) is 7.61. The molecule has 0 spiro atoms. The van der Waals surface area contributed by atoms with Gasteiger partial charge in [-0.1, -0.05) is 0 Å². The normalized spacial score (nSPS) is 10.1. The second kappa shape index (κ2) is 3.84. The van der Waals surface area contributed by atoms with Gasteiger partial charge in [0.1, 0.15) is 11.5 Å². The van der Waals surface area contributed by atoms with Crippen LogP contribution in [0.2, 0.25) is 0 Å². The minimum atomic E-state index is -0.0939. The van der Waals surface area contributed by atoms with E-state index in [-0.39, 0.29) is 11.9 Å². The first kappa shape index (κ1) is 9.44. The van der Waals surface area contributed by atoms with Crippen LogP contribution in [0.5, 0.6) is 5.88 Å². The topological polar surface area (TPSA) is 84.9 Å². The maximum atomic E-state index is 7.08. The van der Waals surface area contributed by atoms with E-state index in [1.807, 2.05) is 13.8 Å². The summed E-state index contributed by atoms with van der Waals surface area (Å²) in [5, 5.41) is 7.08. The van der Waals surface area contributed by atoms with Crippen LogP contribution in [-0.2, 0) is 0 Å². The Hall–Kier alpha value is -1.65. The van der Waals surface area contributed by atoms with E-state index in [4.69, 9.17) is 15.9 Å². The molecule has 1 aromatic heterocycles. The van der Waals surface area contributed by atoms with Gasteiger partial charge in [-0.3, -0.25) is 5.41 Å². The van der Waals surface area contributed by atoms with Gasteiger partial charge in [0.25, 0.3) is 0 Å². The Morgan fingerprint density at radius 1 is 1.46 bits per heavy atom. The molecule has 13 heavy (non-hydrogen) atoms. The number of amidine groups is 1. The zero-order valence-corrected chi connectivity index (χ0v) is 7.61. The van der Waals surface area contributed by atoms with E-state index < -0.39 is 0 Å². The molecule has 5 heteroatoms. The highest BCUT2D eigenvalue weighted by Crippen LogP contribution is 2.05. The van der Waals surface area contributed by atoms with Gasteiger partial charge in [-0.25, -0.2) is 9.97 Å². The van der Waals surface area contributed by atoms with Gasteiger partial charge in [0.05, 0.1) is 18.5 Å². The molecule has 3 N–H and O–H groups in total. The largest absolute Gasteiger partial charge is 0.474 e. The van der Waals surface area contributed by atoms with Gasteiger partial charge in [-0.2, -0.15) is 0 Å². The van der Waals surface area contributed by atoms with Gasteiger partial charge in [-0.15, -0.1) is 0 Å². The molecule has 1 aromatic rings. The lowest BCUT2D eigenvalue weighted by Gasteiger charge is -2.07. The molecule has 1 heterocycles. The Labute approximate surface area is 76.5 Å². The predicted molar refractivity (Wildman–Crippen MR) is 48.8 cm³/mol. The summed E-state index contributed by atoms with van der Waals surface area (Å²) < 4.78 is 5.26. The Balaban J connectivity index is 2.75. The standard InChI is InChI=1S/C8H12N4O/c1-5(2)13-7-4-11-6(3-12-7)8(9)10/h3-5H,1-2H3,(H3,9,10). The highest BCUT2D eigenvalue weighted by molar-refractivity contribution is 5.92. The smallest absolute Gasteiger partial charge is 0.232 e. The quantitative estimate of drug-likeness (QED) is 0.525. The summed E-state index contributed by atoms with van der Waals surface area (Å²) in [5.74, 6) is 0.351. The number of nitrogens with two attached hydrogens (primary N) is 1. The molecule has 0 unspecified atom stereocenters. The summed E-state index contributed by atoms with van der Waals surface area (Å²) in [6, 6.07) is 0. The molecule has 1 rings (SSSR count). The lowest BCUT2D eigenvalue weighted by molar-refractivity contribution is 0.231. The SMILES string of the molecule is CC(C)Oc1cnc(C(=N)N)cn1. The molecule has 5 nitrogen and oxygen atoms in total. The molecule has 0 saturated carbocycles. The molecule has 0 radical (unpaired) electrons. The first-order valence-corrected chi connectivity index (χ1v) is 3.92. The third kappa shape index (κ3) is 2.70. The average Bonchev–Trinajstić information content (AvgIpc) is 2.04. The fourth-order valence-electron chi connectivity index (χ4n) is 0.758. The molecule has 70 valence electrons. The van der Waals surface area contributed by atoms with Gasteiger partial charge in [0, 0.05) is 0 Å². The van der Waals surface area contributed by atoms with Gasteiger partial charge in [0.2, 0.25) is 5.88 Å². The molecule has 0 aliphatic heterocycles. The number of nitrogens with one attached hydrogen (secondary N) is 1. The summed E-state index contributed by atoms with van der Waals surface area (Å²) in [7, 11) is 0. The van der Waals surface area contributed by atoms with Crippen molar-refractivity contribution in [2.24, 2.45) is 5.73 Å². The molecule has 0 aliphatic rings. The Morgan fingerprint density at radius 3 is 2.54 bits per heavy atom. The Kier molecular flexibility index (Phi) is 2.79. The Bertz CT molecular complexity index is 294. The fourth-order valence-corrected chi connectivity index (χ4v) is 0.758. The maximum Gasteiger partial charge on any atom is 0.232 e. The minimum absolute atomic E-state index is 0.0671. The van der Waals surface area contributed by atoms with E-state index in [9.17, 15) is 0 Å². The first-order valence-electron chi connectivity index (χ1n) is 3.92. The average molecular weight is 180 g/mol. The van der Waals surface area contributed by atoms with Crippen LogP contribution in [-0.4, -0.2) is 21.9 Å². The predicted octanol–water partition coefficient (Wildman–Crippen LogP) is 0.548. The van der Waals surface area contributed by atoms with Crippen LogP contribution >= 0.6 is 0 Å². The van der Waals surface area contributed by atoms with Gasteiger partial charge in [-0.05, 0) is 13.8 Å². The fraction of sp³-hybridized carbons (Fsp3) is 0.375. The second-order valence-electron chi connectivity index (χ2n) is 2.82. The van der Waals surface area contributed by atoms with E-state index in [0.29, 0.717) is 11.6 Å². The molecule has 0 amide bonds. The Morgan fingerprint density at radius 2 is 2.15 bits per heavy atom. The van der Waals surface area contributed by atoms with Crippen LogP contribution in [0.15, 0.2) is 12.4 Å². The van der Waals surface area contributed by atoms with Crippen molar-refractivity contribution in [1.29, 1.82) is 5.41 Å². The second-order valence-corrected chi connectivity index (χ2v) is 2.82. The van der Waals surface area contributed by atoms with Crippen molar-refractivity contribution in [2.45, 2.75) is 20.0 Å². The van der Waals surface area contributed by atoms with Crippen LogP contribution in [0.1, 0.15) is 19.5 Å². The summed E-state index contributed by atoms with van der Waals surface area (Å²) in [6.07, 6.45) is 2.94. The van der Waals surface area contributed by atoms with Crippen LogP contribution < -0.4 is 10.5 Å². The van der Waals surface area contributed by atoms with E-state index in [1.165, 1.54) is 12.4 Å². The van der Waals surface area contributed by atoms with Crippen molar-refractivity contribution in [2.75, 3.05) is 0 Å². The summed E-state index contributed by atoms with van der Waals surface area (Å²) in [5.41, 5.74) is 5.56. The van der Waals surface area contributed by atoms with Crippen molar-refractivity contribution < 1.29 is 4.74 Å². The summed E-state index contributed by atoms with van der Waals surface area (Å²) in [6.45, 7) is 3.81. The highest BCUT2D eigenvalue weighted by Gasteiger charge is 2.01. The minimum Gasteiger partial charge on any atom is -0.474 e. The number of hydrogen-bond acceptors (Lipinski definition) is 4. The molecular formula is C8H12N4O. The van der Waals surface area contributed by atoms with Crippen LogP contribution in [0.3, 0.4) is 0 Å². The molecule has 0 bridgehead atoms. The zero-order chi connectivity index (χ0) is 9.84. The van der Waals surface area contributed by atoms with Crippen LogP contribution in [0.25, 0.3) is 0 Å². The van der Waals surface area contributed by atoms with E-state index >= 15 is 0 Å². The number of nitrogens with zero attached hydrogens (tertiary/aromatic N) is 2. The van der Waals surface area contributed by atoms with Gasteiger partial charge >= 0.3 is 0 Å². The van der Waals surface area contributed by atoms with Crippen molar-refractivity contribution >= 4 is 5.84 Å². The third-order valence-electron chi connectivity index (χ3n) is 1.26. The van der Waals surface area contributed by atoms with Crippen molar-refractivity contribution in [3.63, 3.8) is 0 Å². The van der Waals surface area contributed by atoms with Crippen LogP contribution in [0, 0.1) is 5.41 Å². The molecule has 0 aromatic carbocycles. The third-order valence-corrected chi connectivity index (χ3v) is 1.26.